The zero-order valence-electron chi connectivity index (χ0n) is 10.2. The normalized spacial score (nSPS) is 10.2. The molecule has 2 aromatic rings. The Morgan fingerprint density at radius 1 is 1.43 bits per heavy atom. The minimum Gasteiger partial charge on any atom is -0.478 e. The third-order valence-corrected chi connectivity index (χ3v) is 3.73. The zero-order chi connectivity index (χ0) is 15.6. The summed E-state index contributed by atoms with van der Waals surface area (Å²) in [5, 5.41) is 23.0. The van der Waals surface area contributed by atoms with Gasteiger partial charge in [-0.15, -0.1) is 0 Å². The van der Waals surface area contributed by atoms with Crippen LogP contribution in [0.1, 0.15) is 10.4 Å². The van der Waals surface area contributed by atoms with Gasteiger partial charge in [0.1, 0.15) is 0 Å². The Kier molecular flexibility index (Phi) is 4.39. The van der Waals surface area contributed by atoms with Gasteiger partial charge < -0.3 is 10.4 Å². The van der Waals surface area contributed by atoms with Gasteiger partial charge in [-0.05, 0) is 34.1 Å². The van der Waals surface area contributed by atoms with E-state index in [1.54, 1.807) is 18.2 Å². The number of aromatic nitrogens is 1. The summed E-state index contributed by atoms with van der Waals surface area (Å²) in [4.78, 5) is 24.9. The summed E-state index contributed by atoms with van der Waals surface area (Å²) in [6, 6.07) is 5.81. The molecule has 0 atom stereocenters. The Morgan fingerprint density at radius 3 is 2.71 bits per heavy atom. The molecule has 1 heterocycles. The standard InChI is InChI=1S/C12H7BrClN3O4/c13-8-2-1-7(4-9(8)14)16-11-10(17(20)21)3-6(5-15-11)12(18)19/h1-5H,(H,15,16)(H,18,19). The van der Waals surface area contributed by atoms with Crippen LogP contribution in [0.4, 0.5) is 17.2 Å². The molecule has 2 rings (SSSR count). The molecule has 0 aliphatic heterocycles. The second-order valence-corrected chi connectivity index (χ2v) is 5.17. The largest absolute Gasteiger partial charge is 0.478 e. The van der Waals surface area contributed by atoms with Crippen molar-refractivity contribution >= 4 is 50.7 Å². The van der Waals surface area contributed by atoms with Crippen LogP contribution in [0.3, 0.4) is 0 Å². The first kappa shape index (κ1) is 15.2. The molecule has 7 nitrogen and oxygen atoms in total. The summed E-state index contributed by atoms with van der Waals surface area (Å²) < 4.78 is 0.679. The molecule has 21 heavy (non-hydrogen) atoms. The molecule has 1 aromatic heterocycles. The summed E-state index contributed by atoms with van der Waals surface area (Å²) in [6.45, 7) is 0. The topological polar surface area (TPSA) is 105 Å². The van der Waals surface area contributed by atoms with E-state index >= 15 is 0 Å². The van der Waals surface area contributed by atoms with Crippen LogP contribution in [-0.2, 0) is 0 Å². The molecule has 0 aliphatic rings. The Hall–Kier alpha value is -2.19. The van der Waals surface area contributed by atoms with Gasteiger partial charge in [0.2, 0.25) is 5.82 Å². The summed E-state index contributed by atoms with van der Waals surface area (Å²) in [5.41, 5.74) is -0.211. The van der Waals surface area contributed by atoms with E-state index in [1.165, 1.54) is 0 Å². The lowest BCUT2D eigenvalue weighted by atomic mass is 10.2. The van der Waals surface area contributed by atoms with Crippen LogP contribution >= 0.6 is 27.5 Å². The molecule has 0 bridgehead atoms. The number of hydrogen-bond donors (Lipinski definition) is 2. The van der Waals surface area contributed by atoms with Crippen molar-refractivity contribution in [2.24, 2.45) is 0 Å². The Bertz CT molecular complexity index is 738. The molecule has 2 N–H and O–H groups in total. The van der Waals surface area contributed by atoms with Crippen LogP contribution in [-0.4, -0.2) is 21.0 Å². The van der Waals surface area contributed by atoms with Crippen molar-refractivity contribution in [3.05, 3.63) is 55.6 Å². The highest BCUT2D eigenvalue weighted by Crippen LogP contribution is 2.30. The van der Waals surface area contributed by atoms with Gasteiger partial charge in [0.15, 0.2) is 0 Å². The number of nitrogens with zero attached hydrogens (tertiary/aromatic N) is 2. The van der Waals surface area contributed by atoms with Gasteiger partial charge in [-0.3, -0.25) is 10.1 Å². The van der Waals surface area contributed by atoms with E-state index in [1.807, 2.05) is 0 Å². The number of carboxylic acid groups (broad SMARTS) is 1. The highest BCUT2D eigenvalue weighted by atomic mass is 79.9. The number of nitrogens with one attached hydrogen (secondary N) is 1. The number of halogens is 2. The monoisotopic (exact) mass is 371 g/mol. The van der Waals surface area contributed by atoms with Crippen molar-refractivity contribution in [1.82, 2.24) is 4.98 Å². The molecule has 0 saturated heterocycles. The number of carbonyl (C=O) groups is 1. The van der Waals surface area contributed by atoms with Gasteiger partial charge in [-0.25, -0.2) is 9.78 Å². The minimum absolute atomic E-state index is 0.0663. The second kappa shape index (κ2) is 6.06. The third-order valence-electron chi connectivity index (χ3n) is 2.49. The maximum atomic E-state index is 11.0. The van der Waals surface area contributed by atoms with E-state index in [2.05, 4.69) is 26.2 Å². The first-order valence-corrected chi connectivity index (χ1v) is 6.65. The average Bonchev–Trinajstić information content (AvgIpc) is 2.43. The molecule has 0 fully saturated rings. The first-order chi connectivity index (χ1) is 9.88. The average molecular weight is 373 g/mol. The van der Waals surface area contributed by atoms with Gasteiger partial charge in [-0.1, -0.05) is 11.6 Å². The van der Waals surface area contributed by atoms with Crippen molar-refractivity contribution in [3.8, 4) is 0 Å². The number of rotatable bonds is 4. The van der Waals surface area contributed by atoms with E-state index < -0.39 is 16.6 Å². The fraction of sp³-hybridized carbons (Fsp3) is 0. The molecule has 0 radical (unpaired) electrons. The second-order valence-electron chi connectivity index (χ2n) is 3.91. The number of hydrogen-bond acceptors (Lipinski definition) is 5. The van der Waals surface area contributed by atoms with Crippen molar-refractivity contribution in [2.75, 3.05) is 5.32 Å². The van der Waals surface area contributed by atoms with Gasteiger partial charge in [-0.2, -0.15) is 0 Å². The Balaban J connectivity index is 2.41. The van der Waals surface area contributed by atoms with Crippen LogP contribution in [0, 0.1) is 10.1 Å². The fourth-order valence-corrected chi connectivity index (χ4v) is 1.94. The van der Waals surface area contributed by atoms with E-state index in [0.717, 1.165) is 12.3 Å². The fourth-order valence-electron chi connectivity index (χ4n) is 1.52. The molecule has 0 unspecified atom stereocenters. The van der Waals surface area contributed by atoms with Crippen LogP contribution in [0.5, 0.6) is 0 Å². The molecular weight excluding hydrogens is 366 g/mol. The number of nitro groups is 1. The SMILES string of the molecule is O=C(O)c1cnc(Nc2ccc(Br)c(Cl)c2)c([N+](=O)[O-])c1. The Morgan fingerprint density at radius 2 is 2.14 bits per heavy atom. The van der Waals surface area contributed by atoms with Crippen molar-refractivity contribution < 1.29 is 14.8 Å². The van der Waals surface area contributed by atoms with Gasteiger partial charge in [0, 0.05) is 22.4 Å². The number of carboxylic acids is 1. The number of benzene rings is 1. The van der Waals surface area contributed by atoms with Crippen molar-refractivity contribution in [1.29, 1.82) is 0 Å². The van der Waals surface area contributed by atoms with Crippen LogP contribution in [0.25, 0.3) is 0 Å². The number of pyridine rings is 1. The molecular formula is C12H7BrClN3O4. The van der Waals surface area contributed by atoms with E-state index in [9.17, 15) is 14.9 Å². The highest BCUT2D eigenvalue weighted by molar-refractivity contribution is 9.10. The molecule has 0 aliphatic carbocycles. The molecule has 108 valence electrons. The lowest BCUT2D eigenvalue weighted by molar-refractivity contribution is -0.384. The lowest BCUT2D eigenvalue weighted by Crippen LogP contribution is -2.04. The van der Waals surface area contributed by atoms with Gasteiger partial charge in [0.25, 0.3) is 0 Å². The van der Waals surface area contributed by atoms with Crippen LogP contribution < -0.4 is 5.32 Å². The maximum absolute atomic E-state index is 11.0. The van der Waals surface area contributed by atoms with Crippen LogP contribution in [0.2, 0.25) is 5.02 Å². The third kappa shape index (κ3) is 3.47. The van der Waals surface area contributed by atoms with E-state index in [4.69, 9.17) is 16.7 Å². The molecule has 0 spiro atoms. The van der Waals surface area contributed by atoms with Gasteiger partial charge in [0.05, 0.1) is 15.5 Å². The van der Waals surface area contributed by atoms with Crippen molar-refractivity contribution in [2.45, 2.75) is 0 Å². The minimum atomic E-state index is -1.29. The maximum Gasteiger partial charge on any atom is 0.337 e. The summed E-state index contributed by atoms with van der Waals surface area (Å²) >= 11 is 9.16. The number of aromatic carboxylic acids is 1. The molecule has 1 aromatic carbocycles. The van der Waals surface area contributed by atoms with E-state index in [0.29, 0.717) is 15.2 Å². The summed E-state index contributed by atoms with van der Waals surface area (Å²) in [6.07, 6.45) is 1.04. The highest BCUT2D eigenvalue weighted by Gasteiger charge is 2.19. The first-order valence-electron chi connectivity index (χ1n) is 5.48. The smallest absolute Gasteiger partial charge is 0.337 e. The molecule has 0 amide bonds. The molecule has 0 saturated carbocycles. The quantitative estimate of drug-likeness (QED) is 0.624. The van der Waals surface area contributed by atoms with E-state index in [-0.39, 0.29) is 11.4 Å². The Labute approximate surface area is 131 Å². The number of anilines is 2. The summed E-state index contributed by atoms with van der Waals surface area (Å²) in [7, 11) is 0. The molecule has 9 heteroatoms. The van der Waals surface area contributed by atoms with Crippen molar-refractivity contribution in [3.63, 3.8) is 0 Å². The van der Waals surface area contributed by atoms with Crippen LogP contribution in [0.15, 0.2) is 34.9 Å². The summed E-state index contributed by atoms with van der Waals surface area (Å²) in [5.74, 6) is -1.35. The predicted molar refractivity (Wildman–Crippen MR) is 80.3 cm³/mol. The predicted octanol–water partition coefficient (Wildman–Crippen LogP) is 3.85. The lowest BCUT2D eigenvalue weighted by Gasteiger charge is -2.07. The zero-order valence-corrected chi connectivity index (χ0v) is 12.6. The van der Waals surface area contributed by atoms with Gasteiger partial charge >= 0.3 is 11.7 Å².